The zero-order valence-electron chi connectivity index (χ0n) is 29.4. The Bertz CT molecular complexity index is 2030. The molecule has 1 aliphatic carbocycles. The van der Waals surface area contributed by atoms with Crippen LogP contribution in [-0.4, -0.2) is 56.2 Å². The number of methoxy groups -OCH3 is 2. The number of nitrogens with one attached hydrogen (secondary N) is 4. The summed E-state index contributed by atoms with van der Waals surface area (Å²) in [5, 5.41) is 14.1. The number of carbonyl (C=O) groups excluding carboxylic acids is 2. The van der Waals surface area contributed by atoms with Gasteiger partial charge in [-0.25, -0.2) is 4.98 Å². The number of allylic oxidation sites excluding steroid dienone is 1. The average molecular weight is 741 g/mol. The first-order valence-corrected chi connectivity index (χ1v) is 18.6. The number of hydrogen-bond donors (Lipinski definition) is 4. The summed E-state index contributed by atoms with van der Waals surface area (Å²) in [7, 11) is 3.32. The molecule has 7 rings (SSSR count). The van der Waals surface area contributed by atoms with Crippen LogP contribution in [0.1, 0.15) is 59.9 Å². The van der Waals surface area contributed by atoms with Gasteiger partial charge in [0, 0.05) is 78.9 Å². The molecule has 3 aliphatic rings. The maximum absolute atomic E-state index is 11.6. The van der Waals surface area contributed by atoms with E-state index in [0.717, 1.165) is 71.4 Å². The van der Waals surface area contributed by atoms with E-state index in [1.165, 1.54) is 16.7 Å². The van der Waals surface area contributed by atoms with Crippen LogP contribution < -0.4 is 30.7 Å². The lowest BCUT2D eigenvalue weighted by molar-refractivity contribution is -0.120. The van der Waals surface area contributed by atoms with Crippen LogP contribution in [0.2, 0.25) is 10.0 Å². The lowest BCUT2D eigenvalue weighted by atomic mass is 9.97. The van der Waals surface area contributed by atoms with Gasteiger partial charge in [0.2, 0.25) is 17.7 Å². The molecule has 52 heavy (non-hydrogen) atoms. The Labute approximate surface area is 314 Å². The summed E-state index contributed by atoms with van der Waals surface area (Å²) in [6.07, 6.45) is 6.90. The maximum atomic E-state index is 11.6. The number of rotatable bonds is 13. The van der Waals surface area contributed by atoms with Gasteiger partial charge >= 0.3 is 0 Å². The molecule has 0 unspecified atom stereocenters. The average Bonchev–Trinajstić information content (AvgIpc) is 3.88. The van der Waals surface area contributed by atoms with Crippen molar-refractivity contribution in [3.63, 3.8) is 0 Å². The predicted octanol–water partition coefficient (Wildman–Crippen LogP) is 6.96. The fourth-order valence-electron chi connectivity index (χ4n) is 7.41. The molecule has 2 amide bonds. The van der Waals surface area contributed by atoms with E-state index in [2.05, 4.69) is 39.5 Å². The molecule has 0 saturated carbocycles. The number of aromatic nitrogens is 1. The lowest BCUT2D eigenvalue weighted by Crippen LogP contribution is -2.35. The topological polar surface area (TPSA) is 114 Å². The summed E-state index contributed by atoms with van der Waals surface area (Å²) in [6, 6.07) is 20.6. The van der Waals surface area contributed by atoms with E-state index in [1.54, 1.807) is 14.2 Å². The van der Waals surface area contributed by atoms with Crippen LogP contribution in [-0.2, 0) is 29.1 Å². The third-order valence-electron chi connectivity index (χ3n) is 10.2. The van der Waals surface area contributed by atoms with Crippen molar-refractivity contribution in [2.75, 3.05) is 27.3 Å². The number of hydrogen-bond acceptors (Lipinski definition) is 7. The van der Waals surface area contributed by atoms with Crippen LogP contribution in [0.3, 0.4) is 0 Å². The summed E-state index contributed by atoms with van der Waals surface area (Å²) in [4.78, 5) is 27.9. The minimum absolute atomic E-state index is 0.105. The zero-order chi connectivity index (χ0) is 36.2. The van der Waals surface area contributed by atoms with Gasteiger partial charge in [-0.1, -0.05) is 71.7 Å². The number of nitrogens with zero attached hydrogens (tertiary/aromatic N) is 1. The Hall–Kier alpha value is -4.41. The standard InChI is InChI=1S/C41H43Cl2N5O4/c1-51-36-19-34-24(9-10-25(34)18-28(36)21-45-23-30-13-16-38(50)47-30)17-26-5-3-6-31(39(26)42)32-7-4-8-33(40(32)43)35-14-11-27(41(48-35)52-2)20-44-22-29-12-15-37(49)46-29/h3-8,11,14,17-19,29-30,44-45H,9-10,12-13,15-16,20-23H2,1-2H3,(H,46,49)(H,47,50)/b24-17+/t29-,30+/m1/s1. The van der Waals surface area contributed by atoms with Crippen molar-refractivity contribution >= 4 is 46.7 Å². The van der Waals surface area contributed by atoms with Gasteiger partial charge in [-0.3, -0.25) is 9.59 Å². The highest BCUT2D eigenvalue weighted by Crippen LogP contribution is 2.43. The van der Waals surface area contributed by atoms with Gasteiger partial charge < -0.3 is 30.7 Å². The highest BCUT2D eigenvalue weighted by molar-refractivity contribution is 6.38. The van der Waals surface area contributed by atoms with Gasteiger partial charge in [0.15, 0.2) is 0 Å². The minimum atomic E-state index is 0.105. The van der Waals surface area contributed by atoms with Gasteiger partial charge in [0.05, 0.1) is 30.0 Å². The second kappa shape index (κ2) is 16.1. The molecule has 2 saturated heterocycles. The largest absolute Gasteiger partial charge is 0.496 e. The summed E-state index contributed by atoms with van der Waals surface area (Å²) >= 11 is 14.3. The van der Waals surface area contributed by atoms with E-state index < -0.39 is 0 Å². The molecule has 4 aromatic rings. The molecule has 2 atom stereocenters. The Kier molecular flexibility index (Phi) is 11.1. The van der Waals surface area contributed by atoms with Gasteiger partial charge in [-0.2, -0.15) is 0 Å². The van der Waals surface area contributed by atoms with Crippen molar-refractivity contribution in [1.29, 1.82) is 0 Å². The highest BCUT2D eigenvalue weighted by atomic mass is 35.5. The second-order valence-corrected chi connectivity index (χ2v) is 14.4. The van der Waals surface area contributed by atoms with Gasteiger partial charge in [-0.15, -0.1) is 0 Å². The molecule has 11 heteroatoms. The molecular formula is C41H43Cl2N5O4. The van der Waals surface area contributed by atoms with Crippen LogP contribution in [0.4, 0.5) is 0 Å². The normalized spacial score (nSPS) is 18.8. The van der Waals surface area contributed by atoms with E-state index in [1.807, 2.05) is 48.5 Å². The Morgan fingerprint density at radius 2 is 1.40 bits per heavy atom. The molecule has 9 nitrogen and oxygen atoms in total. The van der Waals surface area contributed by atoms with Crippen molar-refractivity contribution in [1.82, 2.24) is 26.3 Å². The lowest BCUT2D eigenvalue weighted by Gasteiger charge is -2.16. The summed E-state index contributed by atoms with van der Waals surface area (Å²) in [6.45, 7) is 2.65. The molecular weight excluding hydrogens is 697 g/mol. The first-order valence-electron chi connectivity index (χ1n) is 17.8. The molecule has 4 N–H and O–H groups in total. The summed E-state index contributed by atoms with van der Waals surface area (Å²) in [5.41, 5.74) is 9.74. The monoisotopic (exact) mass is 739 g/mol. The predicted molar refractivity (Wildman–Crippen MR) is 207 cm³/mol. The molecule has 2 aliphatic heterocycles. The van der Waals surface area contributed by atoms with E-state index in [9.17, 15) is 9.59 Å². The number of halogens is 2. The van der Waals surface area contributed by atoms with Crippen LogP contribution in [0.5, 0.6) is 11.6 Å². The molecule has 0 bridgehead atoms. The van der Waals surface area contributed by atoms with E-state index in [0.29, 0.717) is 54.1 Å². The maximum Gasteiger partial charge on any atom is 0.220 e. The van der Waals surface area contributed by atoms with Gasteiger partial charge in [-0.05, 0) is 66.2 Å². The first kappa shape index (κ1) is 36.0. The van der Waals surface area contributed by atoms with Crippen molar-refractivity contribution in [3.8, 4) is 34.0 Å². The quantitative estimate of drug-likeness (QED) is 0.117. The van der Waals surface area contributed by atoms with Crippen molar-refractivity contribution in [2.24, 2.45) is 0 Å². The van der Waals surface area contributed by atoms with E-state index in [-0.39, 0.29) is 23.9 Å². The number of pyridine rings is 1. The van der Waals surface area contributed by atoms with Crippen LogP contribution in [0, 0.1) is 0 Å². The van der Waals surface area contributed by atoms with Crippen molar-refractivity contribution in [2.45, 2.75) is 63.7 Å². The summed E-state index contributed by atoms with van der Waals surface area (Å²) in [5.74, 6) is 1.59. The summed E-state index contributed by atoms with van der Waals surface area (Å²) < 4.78 is 11.5. The fourth-order valence-corrected chi connectivity index (χ4v) is 8.02. The number of fused-ring (bicyclic) bond motifs is 1. The van der Waals surface area contributed by atoms with Crippen LogP contribution in [0.25, 0.3) is 34.0 Å². The van der Waals surface area contributed by atoms with Crippen LogP contribution in [0.15, 0.2) is 60.7 Å². The van der Waals surface area contributed by atoms with E-state index in [4.69, 9.17) is 37.7 Å². The molecule has 0 radical (unpaired) electrons. The second-order valence-electron chi connectivity index (χ2n) is 13.6. The molecule has 2 fully saturated rings. The molecule has 270 valence electrons. The Balaban J connectivity index is 1.09. The van der Waals surface area contributed by atoms with Gasteiger partial charge in [0.1, 0.15) is 5.75 Å². The smallest absolute Gasteiger partial charge is 0.220 e. The third-order valence-corrected chi connectivity index (χ3v) is 11.0. The Morgan fingerprint density at radius 1 is 0.750 bits per heavy atom. The number of benzene rings is 3. The zero-order valence-corrected chi connectivity index (χ0v) is 30.9. The van der Waals surface area contributed by atoms with Crippen molar-refractivity contribution in [3.05, 3.63) is 98.5 Å². The molecule has 3 aromatic carbocycles. The van der Waals surface area contributed by atoms with Gasteiger partial charge in [0.25, 0.3) is 0 Å². The minimum Gasteiger partial charge on any atom is -0.496 e. The van der Waals surface area contributed by atoms with Crippen LogP contribution >= 0.6 is 23.2 Å². The van der Waals surface area contributed by atoms with E-state index >= 15 is 0 Å². The first-order chi connectivity index (χ1) is 25.3. The number of amides is 2. The fraction of sp³-hybridized carbons (Fsp3) is 0.341. The number of aryl methyl sites for hydroxylation is 1. The number of carbonyl (C=O) groups is 2. The molecule has 0 spiro atoms. The number of ether oxygens (including phenoxy) is 2. The highest BCUT2D eigenvalue weighted by Gasteiger charge is 2.24. The molecule has 1 aromatic heterocycles. The Morgan fingerprint density at radius 3 is 2.06 bits per heavy atom. The van der Waals surface area contributed by atoms with Crippen molar-refractivity contribution < 1.29 is 19.1 Å². The molecule has 3 heterocycles. The third kappa shape index (κ3) is 7.83. The SMILES string of the molecule is COc1cc2c(cc1CNC[C@@H]1CCC(=O)N1)CC/C2=C\c1cccc(-c2cccc(-c3ccc(CNC[C@H]4CCC(=O)N4)c(OC)n3)c2Cl)c1Cl.